The summed E-state index contributed by atoms with van der Waals surface area (Å²) in [5.41, 5.74) is 0. The fraction of sp³-hybridized carbons (Fsp3) is 1.00. The van der Waals surface area contributed by atoms with Crippen LogP contribution in [0.1, 0.15) is 0 Å². The minimum absolute atomic E-state index is 0.444. The second-order valence-electron chi connectivity index (χ2n) is 0.371. The zero-order valence-corrected chi connectivity index (χ0v) is 3.19. The molecule has 0 bridgehead atoms. The molecule has 19 valence electrons. The van der Waals surface area contributed by atoms with E-state index >= 15 is 0 Å². The number of hydrogen-bond donors (Lipinski definition) is 0. The number of rotatable bonds is 1. The molecule has 0 aromatic rings. The standard InChI is InChI=1S/CH2BOSi/c3-2-1-4/h1H2. The zero-order chi connectivity index (χ0) is 3.41. The average molecular weight is 68.9 g/mol. The van der Waals surface area contributed by atoms with Gasteiger partial charge in [-0.2, -0.15) is 0 Å². The summed E-state index contributed by atoms with van der Waals surface area (Å²) in [6.07, 6.45) is 0. The molecule has 0 N–H and O–H groups in total. The van der Waals surface area contributed by atoms with Crippen LogP contribution in [0.4, 0.5) is 0 Å². The van der Waals surface area contributed by atoms with Gasteiger partial charge in [0.1, 0.15) is 0 Å². The van der Waals surface area contributed by atoms with Gasteiger partial charge in [-0.15, -0.1) is 0 Å². The Labute approximate surface area is 29.1 Å². The van der Waals surface area contributed by atoms with E-state index < -0.39 is 0 Å². The van der Waals surface area contributed by atoms with Crippen molar-refractivity contribution in [2.24, 2.45) is 0 Å². The molecule has 0 aromatic carbocycles. The first kappa shape index (κ1) is 4.08. The Morgan fingerprint density at radius 3 is 2.25 bits per heavy atom. The van der Waals surface area contributed by atoms with Gasteiger partial charge in [0.05, 0.1) is 0 Å². The van der Waals surface area contributed by atoms with Crippen molar-refractivity contribution < 1.29 is 4.70 Å². The Kier molecular flexibility index (Phi) is 3.14. The zero-order valence-electron chi connectivity index (χ0n) is 2.19. The molecule has 0 amide bonds. The summed E-state index contributed by atoms with van der Waals surface area (Å²) in [5, 5.41) is 0. The van der Waals surface area contributed by atoms with Crippen LogP contribution in [0.3, 0.4) is 0 Å². The Morgan fingerprint density at radius 1 is 2.00 bits per heavy atom. The topological polar surface area (TPSA) is 17.1 Å². The predicted molar refractivity (Wildman–Crippen MR) is 17.0 cm³/mol. The second kappa shape index (κ2) is 3.08. The van der Waals surface area contributed by atoms with E-state index in [0.29, 0.717) is 5.94 Å². The summed E-state index contributed by atoms with van der Waals surface area (Å²) < 4.78 is 9.12. The van der Waals surface area contributed by atoms with Crippen molar-refractivity contribution in [3.63, 3.8) is 0 Å². The third-order valence-electron chi connectivity index (χ3n) is 0.0833. The monoisotopic (exact) mass is 69.0 g/mol. The van der Waals surface area contributed by atoms with E-state index in [4.69, 9.17) is 4.70 Å². The van der Waals surface area contributed by atoms with Crippen molar-refractivity contribution in [2.45, 2.75) is 5.94 Å². The van der Waals surface area contributed by atoms with E-state index in [1.54, 1.807) is 0 Å². The molecule has 4 heavy (non-hydrogen) atoms. The molecule has 1 nitrogen and oxygen atoms in total. The van der Waals surface area contributed by atoms with Gasteiger partial charge >= 0.3 is 28.0 Å². The predicted octanol–water partition coefficient (Wildman–Crippen LogP) is -0.420. The Balaban J connectivity index is 2.30. The summed E-state index contributed by atoms with van der Waals surface area (Å²) in [6, 6.07) is 0. The van der Waals surface area contributed by atoms with Gasteiger partial charge < -0.3 is 0 Å². The number of hydrogen-bond acceptors (Lipinski definition) is 1. The van der Waals surface area contributed by atoms with Crippen LogP contribution in [0.25, 0.3) is 0 Å². The molecule has 0 aliphatic heterocycles. The molecular weight excluding hydrogens is 66.9 g/mol. The minimum atomic E-state index is 0.444. The molecule has 3 radical (unpaired) electrons. The van der Waals surface area contributed by atoms with Crippen molar-refractivity contribution in [2.75, 3.05) is 0 Å². The third kappa shape index (κ3) is 2.08. The van der Waals surface area contributed by atoms with E-state index in [0.717, 1.165) is 7.15 Å². The van der Waals surface area contributed by atoms with Crippen LogP contribution in [0.15, 0.2) is 0 Å². The van der Waals surface area contributed by atoms with Crippen molar-refractivity contribution in [1.29, 1.82) is 0 Å². The first-order valence-corrected chi connectivity index (χ1v) is 1.70. The summed E-state index contributed by atoms with van der Waals surface area (Å²) in [4.78, 5) is 0. The molecule has 0 atom stereocenters. The van der Waals surface area contributed by atoms with E-state index in [1.165, 1.54) is 0 Å². The van der Waals surface area contributed by atoms with Crippen LogP contribution in [0.2, 0.25) is 5.94 Å². The first-order chi connectivity index (χ1) is 1.91. The van der Waals surface area contributed by atoms with Gasteiger partial charge in [0.25, 0.3) is 0 Å². The molecule has 0 aromatic heterocycles. The molecule has 0 saturated carbocycles. The van der Waals surface area contributed by atoms with Gasteiger partial charge in [0.15, 0.2) is 0 Å². The van der Waals surface area contributed by atoms with Gasteiger partial charge in [-0.3, -0.25) is 0 Å². The average Bonchev–Trinajstić information content (AvgIpc) is 1.37. The van der Waals surface area contributed by atoms with Crippen molar-refractivity contribution in [3.8, 4) is 0 Å². The van der Waals surface area contributed by atoms with Crippen LogP contribution >= 0.6 is 0 Å². The van der Waals surface area contributed by atoms with Crippen molar-refractivity contribution in [3.05, 3.63) is 0 Å². The quantitative estimate of drug-likeness (QED) is 0.382. The van der Waals surface area contributed by atoms with Crippen LogP contribution in [-0.2, 0) is 4.70 Å². The van der Waals surface area contributed by atoms with Crippen molar-refractivity contribution in [1.82, 2.24) is 0 Å². The van der Waals surface area contributed by atoms with Crippen LogP contribution in [0.5, 0.6) is 0 Å². The molecule has 0 heterocycles. The van der Waals surface area contributed by atoms with Crippen LogP contribution in [-0.4, -0.2) is 17.4 Å². The molecule has 0 rings (SSSR count). The molecule has 0 spiro atoms. The van der Waals surface area contributed by atoms with E-state index in [2.05, 4.69) is 10.2 Å². The van der Waals surface area contributed by atoms with Gasteiger partial charge in [0.2, 0.25) is 0 Å². The van der Waals surface area contributed by atoms with Gasteiger partial charge in [-0.05, 0) is 0 Å². The maximum atomic E-state index is 9.12. The summed E-state index contributed by atoms with van der Waals surface area (Å²) in [6.45, 7) is 0. The fourth-order valence-corrected chi connectivity index (χ4v) is 0. The molecule has 0 aliphatic rings. The van der Waals surface area contributed by atoms with E-state index in [9.17, 15) is 0 Å². The van der Waals surface area contributed by atoms with Crippen LogP contribution < -0.4 is 0 Å². The third-order valence-corrected chi connectivity index (χ3v) is 0.250. The maximum absolute atomic E-state index is 9.12. The SMILES string of the molecule is O=BC[Si]. The Bertz CT molecular complexity index is 22.0. The molecule has 3 heteroatoms. The Morgan fingerprint density at radius 2 is 2.25 bits per heavy atom. The van der Waals surface area contributed by atoms with Gasteiger partial charge in [0, 0.05) is 0 Å². The summed E-state index contributed by atoms with van der Waals surface area (Å²) >= 11 is 0. The Hall–Kier alpha value is 0.0818. The van der Waals surface area contributed by atoms with Gasteiger partial charge in [-0.1, -0.05) is 0 Å². The molecule has 0 fully saturated rings. The van der Waals surface area contributed by atoms with E-state index in [1.807, 2.05) is 0 Å². The van der Waals surface area contributed by atoms with Crippen LogP contribution in [0, 0.1) is 0 Å². The summed E-state index contributed by atoms with van der Waals surface area (Å²) in [5.74, 6) is 0.444. The molecule has 0 aliphatic carbocycles. The fourth-order valence-electron chi connectivity index (χ4n) is 0. The first-order valence-electron chi connectivity index (χ1n) is 0.998. The second-order valence-corrected chi connectivity index (χ2v) is 0.779. The molecule has 0 saturated heterocycles. The normalized spacial score (nSPS) is 5.25. The van der Waals surface area contributed by atoms with E-state index in [-0.39, 0.29) is 0 Å². The summed E-state index contributed by atoms with van der Waals surface area (Å²) in [7, 11) is 3.71. The molecular formula is CH2BOSi. The van der Waals surface area contributed by atoms with Gasteiger partial charge in [-0.25, -0.2) is 0 Å². The molecule has 0 unspecified atom stereocenters. The van der Waals surface area contributed by atoms with Crippen molar-refractivity contribution >= 4 is 17.4 Å².